The Morgan fingerprint density at radius 3 is 2.63 bits per heavy atom. The van der Waals surface area contributed by atoms with Crippen LogP contribution in [-0.4, -0.2) is 36.8 Å². The number of aryl methyl sites for hydroxylation is 1. The summed E-state index contributed by atoms with van der Waals surface area (Å²) in [6, 6.07) is 11.5. The van der Waals surface area contributed by atoms with Crippen molar-refractivity contribution in [3.8, 4) is 5.75 Å². The zero-order valence-electron chi connectivity index (χ0n) is 19.3. The maximum Gasteiger partial charge on any atom is 0.185 e. The zero-order valence-corrected chi connectivity index (χ0v) is 21.7. The van der Waals surface area contributed by atoms with Crippen LogP contribution in [0.15, 0.2) is 59.6 Å². The minimum atomic E-state index is -3.69. The third-order valence-corrected chi connectivity index (χ3v) is 8.31. The number of benzene rings is 2. The summed E-state index contributed by atoms with van der Waals surface area (Å²) >= 11 is 12.4. The van der Waals surface area contributed by atoms with Crippen LogP contribution in [0.5, 0.6) is 5.75 Å². The second kappa shape index (κ2) is 11.0. The van der Waals surface area contributed by atoms with Gasteiger partial charge >= 0.3 is 0 Å². The predicted octanol–water partition coefficient (Wildman–Crippen LogP) is 5.79. The monoisotopic (exact) mass is 532 g/mol. The molecule has 0 atom stereocenters. The van der Waals surface area contributed by atoms with Gasteiger partial charge in [-0.15, -0.1) is 0 Å². The molecule has 0 aliphatic heterocycles. The fourth-order valence-electron chi connectivity index (χ4n) is 4.25. The first-order chi connectivity index (χ1) is 16.8. The number of aromatic nitrogens is 2. The lowest BCUT2D eigenvalue weighted by atomic mass is 9.92. The van der Waals surface area contributed by atoms with Crippen molar-refractivity contribution in [2.45, 2.75) is 43.5 Å². The summed E-state index contributed by atoms with van der Waals surface area (Å²) in [6.07, 6.45) is 7.39. The summed E-state index contributed by atoms with van der Waals surface area (Å²) in [5, 5.41) is 5.75. The molecule has 1 aliphatic rings. The largest absolute Gasteiger partial charge is 0.497 e. The molecular weight excluding hydrogens is 507 g/mol. The summed E-state index contributed by atoms with van der Waals surface area (Å²) in [6.45, 7) is 0.516. The molecule has 0 amide bonds. The highest BCUT2D eigenvalue weighted by Gasteiger charge is 2.22. The Hall–Kier alpha value is -2.61. The number of hydrogen-bond acceptors (Lipinski definition) is 5. The van der Waals surface area contributed by atoms with E-state index in [1.54, 1.807) is 24.3 Å². The van der Waals surface area contributed by atoms with E-state index in [4.69, 9.17) is 27.9 Å². The summed E-state index contributed by atoms with van der Waals surface area (Å²) in [5.74, 6) is -0.262. The summed E-state index contributed by atoms with van der Waals surface area (Å²) in [7, 11) is -2.18. The fraction of sp³-hybridized carbons (Fsp3) is 0.308. The van der Waals surface area contributed by atoms with Crippen LogP contribution in [0.4, 0.5) is 0 Å². The quantitative estimate of drug-likeness (QED) is 0.348. The molecular formula is C26H26Cl2N2O4S. The highest BCUT2D eigenvalue weighted by molar-refractivity contribution is 7.92. The van der Waals surface area contributed by atoms with Gasteiger partial charge in [0.15, 0.2) is 9.84 Å². The predicted molar refractivity (Wildman–Crippen MR) is 138 cm³/mol. The highest BCUT2D eigenvalue weighted by atomic mass is 35.5. The number of carbonyl (C=O) groups excluding carboxylic acids is 1. The van der Waals surface area contributed by atoms with Gasteiger partial charge in [0.05, 0.1) is 30.4 Å². The van der Waals surface area contributed by atoms with Crippen molar-refractivity contribution in [1.82, 2.24) is 9.78 Å². The highest BCUT2D eigenvalue weighted by Crippen LogP contribution is 2.32. The maximum absolute atomic E-state index is 12.6. The van der Waals surface area contributed by atoms with Gasteiger partial charge in [0, 0.05) is 16.5 Å². The Bertz CT molecular complexity index is 1360. The Morgan fingerprint density at radius 2 is 1.91 bits per heavy atom. The van der Waals surface area contributed by atoms with Gasteiger partial charge in [0.25, 0.3) is 0 Å². The van der Waals surface area contributed by atoms with Crippen molar-refractivity contribution in [3.05, 3.63) is 81.6 Å². The first kappa shape index (κ1) is 25.5. The average molecular weight is 533 g/mol. The maximum atomic E-state index is 12.6. The minimum absolute atomic E-state index is 0.117. The molecule has 9 heteroatoms. The average Bonchev–Trinajstić information content (AvgIpc) is 3.24. The van der Waals surface area contributed by atoms with Gasteiger partial charge in [-0.25, -0.2) is 8.42 Å². The van der Waals surface area contributed by atoms with E-state index < -0.39 is 15.6 Å². The molecule has 0 saturated heterocycles. The first-order valence-corrected chi connectivity index (χ1v) is 13.7. The van der Waals surface area contributed by atoms with Gasteiger partial charge < -0.3 is 4.74 Å². The second-order valence-electron chi connectivity index (χ2n) is 8.51. The normalized spacial score (nSPS) is 14.7. The van der Waals surface area contributed by atoms with E-state index in [-0.39, 0.29) is 17.1 Å². The van der Waals surface area contributed by atoms with Crippen LogP contribution in [0.3, 0.4) is 0 Å². The standard InChI is InChI=1S/C26H26Cl2N2O4S/c1-34-23-10-12-24(13-11-23)35(32,33)17-22(31)7-3-5-18-4-2-6-19-15-29-30(26(18)19)16-20-8-9-21(27)14-25(20)28/h5,8-15H,2-4,6-7,16-17H2,1H3/b18-5+. The molecule has 35 heavy (non-hydrogen) atoms. The number of halogens is 2. The van der Waals surface area contributed by atoms with Crippen LogP contribution in [-0.2, 0) is 27.6 Å². The van der Waals surface area contributed by atoms with E-state index in [2.05, 4.69) is 5.10 Å². The number of methoxy groups -OCH3 is 1. The van der Waals surface area contributed by atoms with Crippen LogP contribution < -0.4 is 4.74 Å². The number of ketones is 1. The van der Waals surface area contributed by atoms with Crippen molar-refractivity contribution >= 4 is 44.4 Å². The van der Waals surface area contributed by atoms with Gasteiger partial charge in [0.1, 0.15) is 17.3 Å². The van der Waals surface area contributed by atoms with Crippen LogP contribution in [0, 0.1) is 0 Å². The Morgan fingerprint density at radius 1 is 1.14 bits per heavy atom. The minimum Gasteiger partial charge on any atom is -0.497 e. The van der Waals surface area contributed by atoms with Gasteiger partial charge in [-0.3, -0.25) is 9.48 Å². The molecule has 1 aromatic heterocycles. The van der Waals surface area contributed by atoms with Gasteiger partial charge in [-0.2, -0.15) is 5.10 Å². The molecule has 0 unspecified atom stereocenters. The third kappa shape index (κ3) is 6.15. The number of sulfone groups is 1. The van der Waals surface area contributed by atoms with E-state index in [0.29, 0.717) is 28.8 Å². The van der Waals surface area contributed by atoms with E-state index in [0.717, 1.165) is 36.1 Å². The second-order valence-corrected chi connectivity index (χ2v) is 11.3. The van der Waals surface area contributed by atoms with E-state index >= 15 is 0 Å². The molecule has 1 heterocycles. The van der Waals surface area contributed by atoms with Crippen molar-refractivity contribution in [3.63, 3.8) is 0 Å². The van der Waals surface area contributed by atoms with Crippen LogP contribution in [0.2, 0.25) is 10.0 Å². The molecule has 0 radical (unpaired) electrons. The smallest absolute Gasteiger partial charge is 0.185 e. The van der Waals surface area contributed by atoms with Crippen molar-refractivity contribution in [1.29, 1.82) is 0 Å². The van der Waals surface area contributed by atoms with Gasteiger partial charge in [-0.1, -0.05) is 35.3 Å². The van der Waals surface area contributed by atoms with Crippen molar-refractivity contribution in [2.24, 2.45) is 0 Å². The number of hydrogen-bond donors (Lipinski definition) is 0. The Kier molecular flexibility index (Phi) is 7.99. The zero-order chi connectivity index (χ0) is 25.0. The van der Waals surface area contributed by atoms with Crippen molar-refractivity contribution < 1.29 is 17.9 Å². The van der Waals surface area contributed by atoms with Crippen LogP contribution in [0.1, 0.15) is 42.5 Å². The molecule has 6 nitrogen and oxygen atoms in total. The van der Waals surface area contributed by atoms with Crippen LogP contribution >= 0.6 is 23.2 Å². The number of Topliss-reactive ketones (excluding diaryl/α,β-unsaturated/α-hetero) is 1. The number of allylic oxidation sites excluding steroid dienone is 2. The number of fused-ring (bicyclic) bond motifs is 1. The lowest BCUT2D eigenvalue weighted by Crippen LogP contribution is -2.16. The topological polar surface area (TPSA) is 78.3 Å². The number of rotatable bonds is 9. The third-order valence-electron chi connectivity index (χ3n) is 6.03. The Labute approximate surface area is 215 Å². The number of carbonyl (C=O) groups is 1. The van der Waals surface area contributed by atoms with Crippen LogP contribution in [0.25, 0.3) is 5.57 Å². The molecule has 184 valence electrons. The molecule has 2 aromatic carbocycles. The summed E-state index contributed by atoms with van der Waals surface area (Å²) in [5.41, 5.74) is 4.27. The lowest BCUT2D eigenvalue weighted by Gasteiger charge is -2.18. The Balaban J connectivity index is 1.43. The lowest BCUT2D eigenvalue weighted by molar-refractivity contribution is -0.116. The van der Waals surface area contributed by atoms with Gasteiger partial charge in [-0.05, 0) is 78.8 Å². The molecule has 0 saturated carbocycles. The molecule has 0 N–H and O–H groups in total. The van der Waals surface area contributed by atoms with Crippen molar-refractivity contribution in [2.75, 3.05) is 12.9 Å². The van der Waals surface area contributed by atoms with E-state index in [9.17, 15) is 13.2 Å². The van der Waals surface area contributed by atoms with E-state index in [1.807, 2.05) is 23.0 Å². The summed E-state index contributed by atoms with van der Waals surface area (Å²) in [4.78, 5) is 12.6. The molecule has 0 spiro atoms. The number of nitrogens with zero attached hydrogens (tertiary/aromatic N) is 2. The molecule has 4 rings (SSSR count). The molecule has 3 aromatic rings. The molecule has 1 aliphatic carbocycles. The number of ether oxygens (including phenoxy) is 1. The first-order valence-electron chi connectivity index (χ1n) is 11.3. The summed E-state index contributed by atoms with van der Waals surface area (Å²) < 4.78 is 32.2. The molecule has 0 fully saturated rings. The van der Waals surface area contributed by atoms with E-state index in [1.165, 1.54) is 24.8 Å². The SMILES string of the molecule is COc1ccc(S(=O)(=O)CC(=O)CC/C=C2\CCCc3cnn(Cc4ccc(Cl)cc4Cl)c32)cc1. The van der Waals surface area contributed by atoms with Gasteiger partial charge in [0.2, 0.25) is 0 Å². The molecule has 0 bridgehead atoms. The fourth-order valence-corrected chi connectivity index (χ4v) is 6.01.